The first-order chi connectivity index (χ1) is 13.5. The van der Waals surface area contributed by atoms with Crippen LogP contribution in [0.1, 0.15) is 25.0 Å². The predicted molar refractivity (Wildman–Crippen MR) is 116 cm³/mol. The van der Waals surface area contributed by atoms with Crippen LogP contribution in [0.3, 0.4) is 0 Å². The van der Waals surface area contributed by atoms with Gasteiger partial charge in [0, 0.05) is 7.11 Å². The number of carbonyl (C=O) groups is 1. The summed E-state index contributed by atoms with van der Waals surface area (Å²) >= 11 is 1.43. The van der Waals surface area contributed by atoms with Crippen molar-refractivity contribution in [3.63, 3.8) is 0 Å². The van der Waals surface area contributed by atoms with Crippen molar-refractivity contribution in [1.29, 1.82) is 0 Å². The number of para-hydroxylation sites is 3. The lowest BCUT2D eigenvalue weighted by molar-refractivity contribution is -0.116. The van der Waals surface area contributed by atoms with Crippen LogP contribution in [0.15, 0.2) is 47.6 Å². The summed E-state index contributed by atoms with van der Waals surface area (Å²) in [5, 5.41) is 0.759. The van der Waals surface area contributed by atoms with Crippen LogP contribution >= 0.6 is 11.8 Å². The zero-order chi connectivity index (χ0) is 20.1. The van der Waals surface area contributed by atoms with Crippen molar-refractivity contribution in [2.24, 2.45) is 0 Å². The lowest BCUT2D eigenvalue weighted by Gasteiger charge is -2.32. The average Bonchev–Trinajstić information content (AvgIpc) is 3.11. The zero-order valence-corrected chi connectivity index (χ0v) is 17.7. The molecular weight excluding hydrogens is 370 g/mol. The molecule has 0 bridgehead atoms. The number of aryl methyl sites for hydroxylation is 2. The minimum Gasteiger partial charge on any atom is -0.383 e. The van der Waals surface area contributed by atoms with Crippen LogP contribution in [0.5, 0.6) is 0 Å². The van der Waals surface area contributed by atoms with E-state index in [1.807, 2.05) is 42.2 Å². The predicted octanol–water partition coefficient (Wildman–Crippen LogP) is 4.59. The molecular formula is C22H27N3O2S. The number of imidazole rings is 1. The second-order valence-electron chi connectivity index (χ2n) is 6.85. The highest BCUT2D eigenvalue weighted by atomic mass is 32.2. The number of nitrogens with one attached hydrogen (secondary N) is 1. The Morgan fingerprint density at radius 1 is 1.25 bits per heavy atom. The van der Waals surface area contributed by atoms with Gasteiger partial charge in [-0.15, -0.1) is 0 Å². The number of carbonyl (C=O) groups excluding carboxylic acids is 1. The van der Waals surface area contributed by atoms with Crippen molar-refractivity contribution in [3.05, 3.63) is 53.6 Å². The molecule has 1 heterocycles. The summed E-state index contributed by atoms with van der Waals surface area (Å²) in [6.07, 6.45) is 0.872. The summed E-state index contributed by atoms with van der Waals surface area (Å²) in [6, 6.07) is 14.0. The van der Waals surface area contributed by atoms with Crippen LogP contribution in [-0.2, 0) is 16.0 Å². The van der Waals surface area contributed by atoms with Gasteiger partial charge >= 0.3 is 0 Å². The number of thioether (sulfide) groups is 1. The van der Waals surface area contributed by atoms with Gasteiger partial charge in [-0.1, -0.05) is 49.0 Å². The van der Waals surface area contributed by atoms with Crippen LogP contribution < -0.4 is 4.90 Å². The molecule has 0 aliphatic rings. The molecule has 6 heteroatoms. The molecule has 0 radical (unpaired) electrons. The van der Waals surface area contributed by atoms with E-state index < -0.39 is 0 Å². The van der Waals surface area contributed by atoms with Gasteiger partial charge in [-0.25, -0.2) is 4.98 Å². The second kappa shape index (κ2) is 9.26. The number of hydrogen-bond donors (Lipinski definition) is 1. The summed E-state index contributed by atoms with van der Waals surface area (Å²) in [7, 11) is 1.67. The second-order valence-corrected chi connectivity index (χ2v) is 7.82. The number of benzene rings is 2. The van der Waals surface area contributed by atoms with E-state index in [0.717, 1.165) is 33.9 Å². The Labute approximate surface area is 170 Å². The summed E-state index contributed by atoms with van der Waals surface area (Å²) < 4.78 is 5.35. The molecule has 0 saturated heterocycles. The number of methoxy groups -OCH3 is 1. The minimum atomic E-state index is -0.0554. The van der Waals surface area contributed by atoms with Crippen LogP contribution in [0, 0.1) is 6.92 Å². The number of hydrogen-bond acceptors (Lipinski definition) is 4. The summed E-state index contributed by atoms with van der Waals surface area (Å²) in [4.78, 5) is 23.0. The lowest BCUT2D eigenvalue weighted by atomic mass is 10.0. The van der Waals surface area contributed by atoms with E-state index in [1.54, 1.807) is 7.11 Å². The van der Waals surface area contributed by atoms with Gasteiger partial charge in [-0.3, -0.25) is 4.79 Å². The van der Waals surface area contributed by atoms with Crippen LogP contribution in [0.2, 0.25) is 0 Å². The Morgan fingerprint density at radius 3 is 2.75 bits per heavy atom. The number of nitrogens with zero attached hydrogens (tertiary/aromatic N) is 2. The summed E-state index contributed by atoms with van der Waals surface area (Å²) in [5.41, 5.74) is 5.17. The van der Waals surface area contributed by atoms with Gasteiger partial charge in [0.25, 0.3) is 0 Å². The summed E-state index contributed by atoms with van der Waals surface area (Å²) in [5.74, 6) is 0.366. The molecule has 0 aliphatic heterocycles. The van der Waals surface area contributed by atoms with E-state index in [9.17, 15) is 4.79 Å². The first kappa shape index (κ1) is 20.4. The van der Waals surface area contributed by atoms with E-state index in [2.05, 4.69) is 35.9 Å². The number of ether oxygens (including phenoxy) is 1. The lowest BCUT2D eigenvalue weighted by Crippen LogP contribution is -2.43. The topological polar surface area (TPSA) is 58.2 Å². The fraction of sp³-hybridized carbons (Fsp3) is 0.364. The maximum Gasteiger partial charge on any atom is 0.237 e. The molecule has 5 nitrogen and oxygen atoms in total. The zero-order valence-electron chi connectivity index (χ0n) is 16.9. The first-order valence-electron chi connectivity index (χ1n) is 9.52. The number of rotatable bonds is 8. The van der Waals surface area contributed by atoms with Gasteiger partial charge in [0.15, 0.2) is 5.16 Å². The third kappa shape index (κ3) is 4.39. The Balaban J connectivity index is 1.84. The van der Waals surface area contributed by atoms with Crippen LogP contribution in [0.4, 0.5) is 5.69 Å². The molecule has 0 saturated carbocycles. The highest BCUT2D eigenvalue weighted by Crippen LogP contribution is 2.29. The van der Waals surface area contributed by atoms with Gasteiger partial charge in [0.05, 0.1) is 35.1 Å². The quantitative estimate of drug-likeness (QED) is 0.565. The Hall–Kier alpha value is -2.31. The number of aromatic nitrogens is 2. The van der Waals surface area contributed by atoms with E-state index >= 15 is 0 Å². The number of H-pyrrole nitrogens is 1. The highest BCUT2D eigenvalue weighted by molar-refractivity contribution is 7.99. The largest absolute Gasteiger partial charge is 0.383 e. The molecule has 3 aromatic rings. The molecule has 1 aromatic heterocycles. The summed E-state index contributed by atoms with van der Waals surface area (Å²) in [6.45, 7) is 6.68. The van der Waals surface area contributed by atoms with Crippen molar-refractivity contribution in [2.75, 3.05) is 24.4 Å². The maximum atomic E-state index is 13.3. The van der Waals surface area contributed by atoms with Gasteiger partial charge in [-0.05, 0) is 43.5 Å². The fourth-order valence-electron chi connectivity index (χ4n) is 3.45. The van der Waals surface area contributed by atoms with Crippen molar-refractivity contribution < 1.29 is 9.53 Å². The molecule has 0 spiro atoms. The smallest absolute Gasteiger partial charge is 0.237 e. The fourth-order valence-corrected chi connectivity index (χ4v) is 4.20. The normalized spacial score (nSPS) is 12.3. The van der Waals surface area contributed by atoms with E-state index in [0.29, 0.717) is 12.4 Å². The molecule has 1 atom stereocenters. The SMILES string of the molecule is CCc1cccc(C)c1N(C(=O)CSc1nc2ccccc2[nH]1)[C@H](C)COC. The molecule has 2 aromatic carbocycles. The molecule has 148 valence electrons. The molecule has 0 unspecified atom stereocenters. The molecule has 0 aliphatic carbocycles. The number of amides is 1. The van der Waals surface area contributed by atoms with Gasteiger partial charge in [0.2, 0.25) is 5.91 Å². The molecule has 3 rings (SSSR count). The minimum absolute atomic E-state index is 0.0546. The third-order valence-corrected chi connectivity index (χ3v) is 5.62. The van der Waals surface area contributed by atoms with Crippen LogP contribution in [-0.4, -0.2) is 41.4 Å². The Morgan fingerprint density at radius 2 is 2.04 bits per heavy atom. The number of anilines is 1. The monoisotopic (exact) mass is 397 g/mol. The average molecular weight is 398 g/mol. The Bertz CT molecular complexity index is 921. The van der Waals surface area contributed by atoms with Crippen molar-refractivity contribution in [3.8, 4) is 0 Å². The van der Waals surface area contributed by atoms with Crippen molar-refractivity contribution in [2.45, 2.75) is 38.4 Å². The third-order valence-electron chi connectivity index (χ3n) is 4.76. The van der Waals surface area contributed by atoms with Gasteiger partial charge in [0.1, 0.15) is 0 Å². The van der Waals surface area contributed by atoms with E-state index in [1.165, 1.54) is 17.3 Å². The standard InChI is InChI=1S/C22H27N3O2S/c1-5-17-10-8-9-15(2)21(17)25(16(3)13-27-4)20(26)14-28-22-23-18-11-6-7-12-19(18)24-22/h6-12,16H,5,13-14H2,1-4H3,(H,23,24)/t16-/m1/s1. The molecule has 28 heavy (non-hydrogen) atoms. The molecule has 1 N–H and O–H groups in total. The van der Waals surface area contributed by atoms with E-state index in [-0.39, 0.29) is 11.9 Å². The number of fused-ring (bicyclic) bond motifs is 1. The van der Waals surface area contributed by atoms with Gasteiger partial charge < -0.3 is 14.6 Å². The van der Waals surface area contributed by atoms with Crippen LogP contribution in [0.25, 0.3) is 11.0 Å². The maximum absolute atomic E-state index is 13.3. The van der Waals surface area contributed by atoms with E-state index in [4.69, 9.17) is 4.74 Å². The Kier molecular flexibility index (Phi) is 6.75. The molecule has 1 amide bonds. The molecule has 0 fully saturated rings. The number of aromatic amines is 1. The highest BCUT2D eigenvalue weighted by Gasteiger charge is 2.25. The van der Waals surface area contributed by atoms with Crippen molar-refractivity contribution >= 4 is 34.4 Å². The van der Waals surface area contributed by atoms with Crippen molar-refractivity contribution in [1.82, 2.24) is 9.97 Å². The first-order valence-corrected chi connectivity index (χ1v) is 10.5. The van der Waals surface area contributed by atoms with Gasteiger partial charge in [-0.2, -0.15) is 0 Å².